The van der Waals surface area contributed by atoms with Crippen LogP contribution in [-0.4, -0.2) is 20.0 Å². The highest BCUT2D eigenvalue weighted by molar-refractivity contribution is 7.94. The monoisotopic (exact) mass is 418 g/mol. The number of carbonyl (C=O) groups excluding carboxylic acids is 1. The van der Waals surface area contributed by atoms with Crippen LogP contribution in [0.5, 0.6) is 0 Å². The Labute approximate surface area is 167 Å². The molecule has 0 unspecified atom stereocenters. The third kappa shape index (κ3) is 4.79. The van der Waals surface area contributed by atoms with Gasteiger partial charge in [-0.1, -0.05) is 38.1 Å². The number of hydrogen-bond donors (Lipinski definition) is 2. The van der Waals surface area contributed by atoms with E-state index in [1.807, 2.05) is 13.8 Å². The first-order valence-electron chi connectivity index (χ1n) is 8.56. The second kappa shape index (κ2) is 7.76. The Morgan fingerprint density at radius 1 is 1.18 bits per heavy atom. The number of allylic oxidation sites excluding steroid dienone is 2. The third-order valence-corrected chi connectivity index (χ3v) is 6.88. The SMILES string of the molecule is CC1(C)CC([O-])=C/C(=N\NC(=O)c2ccccc2NS(=O)(=O)c2cccs2)C1. The molecule has 2 aromatic rings. The normalized spacial score (nSPS) is 17.8. The molecule has 1 aromatic heterocycles. The fourth-order valence-electron chi connectivity index (χ4n) is 2.95. The summed E-state index contributed by atoms with van der Waals surface area (Å²) in [6, 6.07) is 9.39. The number of carbonyl (C=O) groups is 1. The lowest BCUT2D eigenvalue weighted by atomic mass is 9.79. The number of anilines is 1. The molecule has 148 valence electrons. The van der Waals surface area contributed by atoms with Gasteiger partial charge in [-0.2, -0.15) is 5.10 Å². The second-order valence-electron chi connectivity index (χ2n) is 7.26. The number of nitrogens with zero attached hydrogens (tertiary/aromatic N) is 1. The van der Waals surface area contributed by atoms with Crippen LogP contribution in [0, 0.1) is 5.41 Å². The van der Waals surface area contributed by atoms with Gasteiger partial charge in [0, 0.05) is 0 Å². The van der Waals surface area contributed by atoms with Gasteiger partial charge >= 0.3 is 0 Å². The Morgan fingerprint density at radius 2 is 1.93 bits per heavy atom. The zero-order chi connectivity index (χ0) is 20.4. The third-order valence-electron chi connectivity index (χ3n) is 4.12. The molecule has 0 saturated carbocycles. The molecule has 28 heavy (non-hydrogen) atoms. The van der Waals surface area contributed by atoms with Gasteiger partial charge in [-0.3, -0.25) is 9.52 Å². The van der Waals surface area contributed by atoms with Crippen molar-refractivity contribution in [1.29, 1.82) is 0 Å². The van der Waals surface area contributed by atoms with Crippen molar-refractivity contribution in [3.63, 3.8) is 0 Å². The van der Waals surface area contributed by atoms with Crippen LogP contribution in [0.3, 0.4) is 0 Å². The zero-order valence-electron chi connectivity index (χ0n) is 15.4. The van der Waals surface area contributed by atoms with Crippen LogP contribution in [-0.2, 0) is 10.0 Å². The van der Waals surface area contributed by atoms with Gasteiger partial charge in [-0.25, -0.2) is 13.8 Å². The molecule has 0 spiro atoms. The highest BCUT2D eigenvalue weighted by Crippen LogP contribution is 2.32. The molecule has 2 N–H and O–H groups in total. The predicted octanol–water partition coefficient (Wildman–Crippen LogP) is 2.70. The number of hydrazone groups is 1. The van der Waals surface area contributed by atoms with Gasteiger partial charge in [-0.05, 0) is 41.8 Å². The molecule has 0 radical (unpaired) electrons. The van der Waals surface area contributed by atoms with E-state index in [0.717, 1.165) is 11.3 Å². The first-order chi connectivity index (χ1) is 13.2. The topological polar surface area (TPSA) is 111 Å². The molecule has 0 bridgehead atoms. The molecule has 0 fully saturated rings. The highest BCUT2D eigenvalue weighted by atomic mass is 32.2. The molecule has 3 rings (SSSR count). The van der Waals surface area contributed by atoms with Crippen LogP contribution in [0.1, 0.15) is 37.0 Å². The summed E-state index contributed by atoms with van der Waals surface area (Å²) in [5.74, 6) is -0.602. The number of benzene rings is 1. The lowest BCUT2D eigenvalue weighted by Gasteiger charge is -2.33. The van der Waals surface area contributed by atoms with Crippen LogP contribution in [0.4, 0.5) is 5.69 Å². The minimum absolute atomic E-state index is 0.0339. The number of amides is 1. The highest BCUT2D eigenvalue weighted by Gasteiger charge is 2.24. The van der Waals surface area contributed by atoms with E-state index >= 15 is 0 Å². The molecule has 1 aliphatic rings. The first-order valence-corrected chi connectivity index (χ1v) is 10.9. The molecular weight excluding hydrogens is 398 g/mol. The molecule has 7 nitrogen and oxygen atoms in total. The van der Waals surface area contributed by atoms with E-state index in [2.05, 4.69) is 15.2 Å². The molecule has 0 saturated heterocycles. The summed E-state index contributed by atoms with van der Waals surface area (Å²) < 4.78 is 27.5. The average Bonchev–Trinajstić information content (AvgIpc) is 3.14. The maximum absolute atomic E-state index is 12.6. The van der Waals surface area contributed by atoms with Crippen LogP contribution in [0.15, 0.2) is 62.9 Å². The van der Waals surface area contributed by atoms with Crippen LogP contribution in [0.2, 0.25) is 0 Å². The first kappa shape index (κ1) is 20.1. The van der Waals surface area contributed by atoms with E-state index < -0.39 is 15.9 Å². The van der Waals surface area contributed by atoms with Gasteiger partial charge in [0.25, 0.3) is 15.9 Å². The van der Waals surface area contributed by atoms with Crippen LogP contribution in [0.25, 0.3) is 0 Å². The van der Waals surface area contributed by atoms with Crippen LogP contribution < -0.4 is 15.3 Å². The second-order valence-corrected chi connectivity index (χ2v) is 10.1. The van der Waals surface area contributed by atoms with Crippen molar-refractivity contribution in [1.82, 2.24) is 5.43 Å². The number of thiophene rings is 1. The van der Waals surface area contributed by atoms with Gasteiger partial charge in [0.05, 0.1) is 17.0 Å². The quantitative estimate of drug-likeness (QED) is 0.727. The lowest BCUT2D eigenvalue weighted by molar-refractivity contribution is -0.310. The minimum atomic E-state index is -3.78. The largest absolute Gasteiger partial charge is 0.875 e. The summed E-state index contributed by atoms with van der Waals surface area (Å²) in [5, 5.41) is 17.5. The summed E-state index contributed by atoms with van der Waals surface area (Å²) >= 11 is 1.08. The number of sulfonamides is 1. The Balaban J connectivity index is 1.80. The Morgan fingerprint density at radius 3 is 2.61 bits per heavy atom. The fourth-order valence-corrected chi connectivity index (χ4v) is 5.02. The summed E-state index contributed by atoms with van der Waals surface area (Å²) in [6.45, 7) is 3.92. The van der Waals surface area contributed by atoms with Crippen molar-refractivity contribution in [2.24, 2.45) is 10.5 Å². The van der Waals surface area contributed by atoms with E-state index in [1.165, 1.54) is 24.3 Å². The number of hydrogen-bond acceptors (Lipinski definition) is 6. The van der Waals surface area contributed by atoms with E-state index in [0.29, 0.717) is 18.6 Å². The molecule has 1 aliphatic carbocycles. The van der Waals surface area contributed by atoms with Crippen molar-refractivity contribution in [2.75, 3.05) is 4.72 Å². The lowest BCUT2D eigenvalue weighted by Crippen LogP contribution is -2.29. The molecule has 9 heteroatoms. The van der Waals surface area contributed by atoms with Gasteiger partial charge in [0.2, 0.25) is 0 Å². The maximum atomic E-state index is 12.6. The summed E-state index contributed by atoms with van der Waals surface area (Å²) in [6.07, 6.45) is 2.43. The zero-order valence-corrected chi connectivity index (χ0v) is 17.1. The van der Waals surface area contributed by atoms with Crippen molar-refractivity contribution in [3.05, 3.63) is 59.2 Å². The summed E-state index contributed by atoms with van der Waals surface area (Å²) in [5.41, 5.74) is 2.98. The number of nitrogens with one attached hydrogen (secondary N) is 2. The van der Waals surface area contributed by atoms with E-state index in [1.54, 1.807) is 23.6 Å². The van der Waals surface area contributed by atoms with Gasteiger partial charge in [0.15, 0.2) is 0 Å². The van der Waals surface area contributed by atoms with E-state index in [-0.39, 0.29) is 26.6 Å². The predicted molar refractivity (Wildman–Crippen MR) is 108 cm³/mol. The smallest absolute Gasteiger partial charge is 0.273 e. The van der Waals surface area contributed by atoms with Crippen molar-refractivity contribution < 1.29 is 18.3 Å². The van der Waals surface area contributed by atoms with Crippen molar-refractivity contribution >= 4 is 38.7 Å². The molecule has 1 aromatic carbocycles. The molecule has 0 atom stereocenters. The standard InChI is InChI=1S/C19H21N3O4S2/c1-19(2)11-13(10-14(23)12-19)20-21-18(24)15-6-3-4-7-16(15)22-28(25,26)17-8-5-9-27-17/h3-10,22-23H,11-12H2,1-2H3,(H,21,24)/p-1/b20-13+. The van der Waals surface area contributed by atoms with E-state index in [9.17, 15) is 18.3 Å². The van der Waals surface area contributed by atoms with Gasteiger partial charge in [-0.15, -0.1) is 17.1 Å². The molecule has 1 heterocycles. The Bertz CT molecular complexity index is 1040. The Kier molecular flexibility index (Phi) is 5.57. The fraction of sp³-hybridized carbons (Fsp3) is 0.263. The number of rotatable bonds is 5. The maximum Gasteiger partial charge on any atom is 0.273 e. The van der Waals surface area contributed by atoms with Crippen LogP contribution >= 0.6 is 11.3 Å². The molecule has 1 amide bonds. The van der Waals surface area contributed by atoms with E-state index in [4.69, 9.17) is 0 Å². The molecular formula is C19H20N3O4S2-. The summed E-state index contributed by atoms with van der Waals surface area (Å²) in [7, 11) is -3.78. The Hall–Kier alpha value is -2.65. The van der Waals surface area contributed by atoms with Crippen molar-refractivity contribution in [3.8, 4) is 0 Å². The van der Waals surface area contributed by atoms with Gasteiger partial charge in [0.1, 0.15) is 4.21 Å². The van der Waals surface area contributed by atoms with Gasteiger partial charge < -0.3 is 5.11 Å². The average molecular weight is 419 g/mol. The summed E-state index contributed by atoms with van der Waals surface area (Å²) in [4.78, 5) is 12.6. The minimum Gasteiger partial charge on any atom is -0.875 e. The molecule has 0 aliphatic heterocycles. The van der Waals surface area contributed by atoms with Crippen molar-refractivity contribution in [2.45, 2.75) is 30.9 Å². The number of para-hydroxylation sites is 1.